The molecule has 0 spiro atoms. The van der Waals surface area contributed by atoms with Gasteiger partial charge in [0.15, 0.2) is 11.6 Å². The Morgan fingerprint density at radius 2 is 1.69 bits per heavy atom. The molecule has 1 heterocycles. The van der Waals surface area contributed by atoms with Gasteiger partial charge < -0.3 is 14.2 Å². The van der Waals surface area contributed by atoms with Crippen LogP contribution in [0.1, 0.15) is 35.7 Å². The zero-order chi connectivity index (χ0) is 22.7. The summed E-state index contributed by atoms with van der Waals surface area (Å²) in [6, 6.07) is 9.80. The van der Waals surface area contributed by atoms with E-state index in [2.05, 4.69) is 4.98 Å². The number of benzene rings is 2. The Kier molecular flexibility index (Phi) is 6.30. The van der Waals surface area contributed by atoms with Crippen LogP contribution in [-0.2, 0) is 6.61 Å². The van der Waals surface area contributed by atoms with Crippen molar-refractivity contribution >= 4 is 5.78 Å². The monoisotopic (exact) mass is 443 g/mol. The highest BCUT2D eigenvalue weighted by molar-refractivity contribution is 5.93. The molecule has 2 aromatic carbocycles. The third-order valence-corrected chi connectivity index (χ3v) is 4.91. The van der Waals surface area contributed by atoms with Gasteiger partial charge in [-0.05, 0) is 43.9 Å². The van der Waals surface area contributed by atoms with Crippen molar-refractivity contribution in [3.63, 3.8) is 0 Å². The number of carbonyl (C=O) groups excluding carboxylic acids is 1. The number of hydrogen-bond donors (Lipinski definition) is 0. The van der Waals surface area contributed by atoms with Gasteiger partial charge in [0.1, 0.15) is 35.5 Å². The fraction of sp³-hybridized carbons (Fsp3) is 0.250. The Morgan fingerprint density at radius 3 is 2.34 bits per heavy atom. The SMILES string of the molecule is CC(=O)c1cnc(OCc2c(F)cc(Oc3cccc(OCC4CC4)c3)cc2F)c(F)c1. The standard InChI is InChI=1S/C24H20F3NO4/c1-14(29)16-7-23(27)24(28-11-16)31-13-20-21(25)9-19(10-22(20)26)32-18-4-2-3-17(8-18)30-12-15-5-6-15/h2-4,7-11,15H,5-6,12-13H2,1H3. The summed E-state index contributed by atoms with van der Waals surface area (Å²) >= 11 is 0. The lowest BCUT2D eigenvalue weighted by Gasteiger charge is -2.12. The minimum absolute atomic E-state index is 0.0433. The first-order chi connectivity index (χ1) is 15.4. The van der Waals surface area contributed by atoms with Crippen LogP contribution in [0.3, 0.4) is 0 Å². The molecule has 0 aliphatic heterocycles. The van der Waals surface area contributed by atoms with Crippen molar-refractivity contribution in [1.82, 2.24) is 4.98 Å². The summed E-state index contributed by atoms with van der Waals surface area (Å²) < 4.78 is 59.4. The second-order valence-electron chi connectivity index (χ2n) is 7.55. The number of hydrogen-bond acceptors (Lipinski definition) is 5. The van der Waals surface area contributed by atoms with Crippen LogP contribution in [0, 0.1) is 23.4 Å². The average molecular weight is 443 g/mol. The summed E-state index contributed by atoms with van der Waals surface area (Å²) in [5, 5.41) is 0. The van der Waals surface area contributed by atoms with Gasteiger partial charge in [0.25, 0.3) is 5.88 Å². The molecule has 0 atom stereocenters. The molecule has 1 aliphatic carbocycles. The number of aromatic nitrogens is 1. The van der Waals surface area contributed by atoms with Crippen LogP contribution >= 0.6 is 0 Å². The van der Waals surface area contributed by atoms with Crippen molar-refractivity contribution in [3.8, 4) is 23.1 Å². The maximum absolute atomic E-state index is 14.5. The zero-order valence-corrected chi connectivity index (χ0v) is 17.2. The topological polar surface area (TPSA) is 57.7 Å². The number of halogens is 3. The van der Waals surface area contributed by atoms with Gasteiger partial charge in [-0.15, -0.1) is 0 Å². The van der Waals surface area contributed by atoms with E-state index >= 15 is 0 Å². The number of Topliss-reactive ketones (excluding diaryl/α,β-unsaturated/α-hetero) is 1. The number of carbonyl (C=O) groups is 1. The highest BCUT2D eigenvalue weighted by atomic mass is 19.1. The minimum Gasteiger partial charge on any atom is -0.493 e. The maximum atomic E-state index is 14.5. The molecule has 1 saturated carbocycles. The highest BCUT2D eigenvalue weighted by Crippen LogP contribution is 2.32. The number of pyridine rings is 1. The van der Waals surface area contributed by atoms with Gasteiger partial charge >= 0.3 is 0 Å². The Balaban J connectivity index is 1.43. The van der Waals surface area contributed by atoms with E-state index in [1.807, 2.05) is 0 Å². The summed E-state index contributed by atoms with van der Waals surface area (Å²) in [4.78, 5) is 14.9. The molecule has 1 aromatic heterocycles. The first kappa shape index (κ1) is 21.7. The van der Waals surface area contributed by atoms with Gasteiger partial charge in [0.2, 0.25) is 0 Å². The first-order valence-electron chi connectivity index (χ1n) is 10.1. The van der Waals surface area contributed by atoms with Gasteiger partial charge in [0.05, 0.1) is 12.2 Å². The number of nitrogens with zero attached hydrogens (tertiary/aromatic N) is 1. The Bertz CT molecular complexity index is 1120. The summed E-state index contributed by atoms with van der Waals surface area (Å²) in [5.74, 6) is -2.02. The third-order valence-electron chi connectivity index (χ3n) is 4.91. The molecule has 0 bridgehead atoms. The van der Waals surface area contributed by atoms with Crippen molar-refractivity contribution in [2.24, 2.45) is 5.92 Å². The third kappa shape index (κ3) is 5.38. The van der Waals surface area contributed by atoms with Crippen LogP contribution < -0.4 is 14.2 Å². The van der Waals surface area contributed by atoms with Crippen LogP contribution in [0.25, 0.3) is 0 Å². The van der Waals surface area contributed by atoms with Crippen LogP contribution in [0.4, 0.5) is 13.2 Å². The summed E-state index contributed by atoms with van der Waals surface area (Å²) in [7, 11) is 0. The Hall–Kier alpha value is -3.55. The fourth-order valence-electron chi connectivity index (χ4n) is 2.90. The lowest BCUT2D eigenvalue weighted by atomic mass is 10.2. The lowest BCUT2D eigenvalue weighted by Crippen LogP contribution is -2.06. The van der Waals surface area contributed by atoms with Crippen LogP contribution in [0.5, 0.6) is 23.1 Å². The molecule has 4 rings (SSSR count). The minimum atomic E-state index is -0.915. The van der Waals surface area contributed by atoms with Crippen molar-refractivity contribution in [2.45, 2.75) is 26.4 Å². The van der Waals surface area contributed by atoms with Gasteiger partial charge in [0, 0.05) is 30.0 Å². The van der Waals surface area contributed by atoms with Gasteiger partial charge in [-0.2, -0.15) is 0 Å². The van der Waals surface area contributed by atoms with Crippen molar-refractivity contribution in [1.29, 1.82) is 0 Å². The van der Waals surface area contributed by atoms with Crippen LogP contribution in [0.15, 0.2) is 48.7 Å². The molecule has 0 saturated heterocycles. The molecule has 3 aromatic rings. The first-order valence-corrected chi connectivity index (χ1v) is 10.1. The molecule has 0 radical (unpaired) electrons. The summed E-state index contributed by atoms with van der Waals surface area (Å²) in [6.45, 7) is 1.31. The van der Waals surface area contributed by atoms with E-state index in [0.717, 1.165) is 37.2 Å². The van der Waals surface area contributed by atoms with Crippen molar-refractivity contribution < 1.29 is 32.2 Å². The van der Waals surface area contributed by atoms with Gasteiger partial charge in [-0.3, -0.25) is 4.79 Å². The molecule has 32 heavy (non-hydrogen) atoms. The molecular formula is C24H20F3NO4. The second kappa shape index (κ2) is 9.30. The quantitative estimate of drug-likeness (QED) is 0.388. The number of rotatable bonds is 9. The lowest BCUT2D eigenvalue weighted by molar-refractivity contribution is 0.101. The number of ether oxygens (including phenoxy) is 3. The Morgan fingerprint density at radius 1 is 0.969 bits per heavy atom. The molecule has 0 unspecified atom stereocenters. The van der Waals surface area contributed by atoms with Crippen LogP contribution in [0.2, 0.25) is 0 Å². The maximum Gasteiger partial charge on any atom is 0.250 e. The predicted octanol–water partition coefficient (Wildman–Crippen LogP) is 5.86. The average Bonchev–Trinajstić information content (AvgIpc) is 3.57. The van der Waals surface area contributed by atoms with Gasteiger partial charge in [-0.1, -0.05) is 6.07 Å². The predicted molar refractivity (Wildman–Crippen MR) is 110 cm³/mol. The molecule has 0 N–H and O–H groups in total. The van der Waals surface area contributed by atoms with E-state index in [0.29, 0.717) is 24.0 Å². The smallest absolute Gasteiger partial charge is 0.250 e. The molecule has 5 nitrogen and oxygen atoms in total. The molecule has 8 heteroatoms. The molecule has 166 valence electrons. The second-order valence-corrected chi connectivity index (χ2v) is 7.55. The molecule has 1 fully saturated rings. The van der Waals surface area contributed by atoms with Crippen molar-refractivity contribution in [2.75, 3.05) is 6.61 Å². The van der Waals surface area contributed by atoms with E-state index in [9.17, 15) is 18.0 Å². The Labute approximate surface area is 182 Å². The van der Waals surface area contributed by atoms with E-state index in [1.54, 1.807) is 24.3 Å². The summed E-state index contributed by atoms with van der Waals surface area (Å²) in [6.07, 6.45) is 3.46. The molecule has 1 aliphatic rings. The van der Waals surface area contributed by atoms with Gasteiger partial charge in [-0.25, -0.2) is 18.2 Å². The van der Waals surface area contributed by atoms with E-state index < -0.39 is 35.5 Å². The number of ketones is 1. The highest BCUT2D eigenvalue weighted by Gasteiger charge is 2.22. The van der Waals surface area contributed by atoms with E-state index in [-0.39, 0.29) is 17.1 Å². The zero-order valence-electron chi connectivity index (χ0n) is 17.2. The fourth-order valence-corrected chi connectivity index (χ4v) is 2.90. The van der Waals surface area contributed by atoms with E-state index in [1.165, 1.54) is 6.92 Å². The van der Waals surface area contributed by atoms with E-state index in [4.69, 9.17) is 14.2 Å². The molecule has 0 amide bonds. The summed E-state index contributed by atoms with van der Waals surface area (Å²) in [5.41, 5.74) is -0.341. The van der Waals surface area contributed by atoms with Crippen LogP contribution in [-0.4, -0.2) is 17.4 Å². The normalized spacial score (nSPS) is 13.0. The largest absolute Gasteiger partial charge is 0.493 e. The molecular weight excluding hydrogens is 423 g/mol. The van der Waals surface area contributed by atoms with Crippen molar-refractivity contribution in [3.05, 3.63) is 77.2 Å².